The third-order valence-corrected chi connectivity index (χ3v) is 1.46. The zero-order valence-electron chi connectivity index (χ0n) is 8.30. The Kier molecular flexibility index (Phi) is 6.59. The van der Waals surface area contributed by atoms with Gasteiger partial charge in [-0.25, -0.2) is 0 Å². The minimum Gasteiger partial charge on any atom is -0.388 e. The average Bonchev–Trinajstić information content (AvgIpc) is 2.11. The predicted octanol–water partition coefficient (Wildman–Crippen LogP) is 0.747. The smallest absolute Gasteiger partial charge is 0.263 e. The molecule has 0 saturated heterocycles. The minimum absolute atomic E-state index is 0.0206. The molecule has 0 saturated carbocycles. The quantitative estimate of drug-likeness (QED) is 0.308. The van der Waals surface area contributed by atoms with Gasteiger partial charge in [0, 0.05) is 24.7 Å². The lowest BCUT2D eigenvalue weighted by Gasteiger charge is -2.06. The number of rotatable bonds is 5. The van der Waals surface area contributed by atoms with Crippen molar-refractivity contribution in [2.45, 2.75) is 19.9 Å². The van der Waals surface area contributed by atoms with Crippen LogP contribution in [0.5, 0.6) is 0 Å². The van der Waals surface area contributed by atoms with Crippen molar-refractivity contribution in [1.82, 2.24) is 10.6 Å². The maximum atomic E-state index is 11.3. The van der Waals surface area contributed by atoms with E-state index in [1.807, 2.05) is 19.9 Å². The van der Waals surface area contributed by atoms with Crippen molar-refractivity contribution in [3.8, 4) is 6.07 Å². The van der Waals surface area contributed by atoms with E-state index in [0.29, 0.717) is 12.4 Å². The number of carbonyl (C=O) groups is 1. The second kappa shape index (κ2) is 7.22. The van der Waals surface area contributed by atoms with Gasteiger partial charge in [0.05, 0.1) is 0 Å². The Bertz CT molecular complexity index is 255. The van der Waals surface area contributed by atoms with E-state index in [1.54, 1.807) is 0 Å². The van der Waals surface area contributed by atoms with Gasteiger partial charge in [-0.05, 0) is 13.8 Å². The Labute approximate surface area is 88.9 Å². The van der Waals surface area contributed by atoms with Crippen LogP contribution in [0.2, 0.25) is 0 Å². The highest BCUT2D eigenvalue weighted by atomic mass is 35.5. The number of hydrogen-bond donors (Lipinski definition) is 2. The van der Waals surface area contributed by atoms with E-state index in [0.717, 1.165) is 0 Å². The number of amides is 1. The summed E-state index contributed by atoms with van der Waals surface area (Å²) in [5.74, 6) is 0.0608. The van der Waals surface area contributed by atoms with E-state index in [-0.39, 0.29) is 17.5 Å². The molecule has 0 radical (unpaired) electrons. The van der Waals surface area contributed by atoms with E-state index in [2.05, 4.69) is 10.6 Å². The molecule has 0 atom stereocenters. The van der Waals surface area contributed by atoms with Gasteiger partial charge in [0.15, 0.2) is 0 Å². The number of hydrogen-bond acceptors (Lipinski definition) is 3. The molecule has 0 rings (SSSR count). The van der Waals surface area contributed by atoms with Crippen molar-refractivity contribution in [1.29, 1.82) is 5.26 Å². The van der Waals surface area contributed by atoms with Gasteiger partial charge in [-0.1, -0.05) is 0 Å². The largest absolute Gasteiger partial charge is 0.388 e. The monoisotopic (exact) mass is 215 g/mol. The fraction of sp³-hybridized carbons (Fsp3) is 0.556. The van der Waals surface area contributed by atoms with Crippen LogP contribution < -0.4 is 10.6 Å². The SMILES string of the molecule is CC(C)NC(=O)/C(C#N)=C\NCCCl. The summed E-state index contributed by atoms with van der Waals surface area (Å²) in [4.78, 5) is 11.3. The van der Waals surface area contributed by atoms with Gasteiger partial charge in [0.1, 0.15) is 11.6 Å². The molecule has 0 aliphatic rings. The molecule has 78 valence electrons. The predicted molar refractivity (Wildman–Crippen MR) is 55.7 cm³/mol. The summed E-state index contributed by atoms with van der Waals surface area (Å²) in [7, 11) is 0. The van der Waals surface area contributed by atoms with Crippen molar-refractivity contribution in [2.24, 2.45) is 0 Å². The normalized spacial score (nSPS) is 10.9. The molecule has 4 nitrogen and oxygen atoms in total. The Hall–Kier alpha value is -1.21. The molecule has 0 aromatic heterocycles. The Morgan fingerprint density at radius 3 is 2.71 bits per heavy atom. The van der Waals surface area contributed by atoms with E-state index in [9.17, 15) is 4.79 Å². The third-order valence-electron chi connectivity index (χ3n) is 1.27. The third kappa shape index (κ3) is 5.44. The van der Waals surface area contributed by atoms with Gasteiger partial charge in [-0.3, -0.25) is 4.79 Å². The van der Waals surface area contributed by atoms with E-state index < -0.39 is 0 Å². The van der Waals surface area contributed by atoms with Crippen LogP contribution in [0.3, 0.4) is 0 Å². The first-order valence-corrected chi connectivity index (χ1v) is 4.85. The maximum absolute atomic E-state index is 11.3. The number of carbonyl (C=O) groups excluding carboxylic acids is 1. The van der Waals surface area contributed by atoms with Gasteiger partial charge in [-0.2, -0.15) is 5.26 Å². The van der Waals surface area contributed by atoms with Crippen molar-refractivity contribution >= 4 is 17.5 Å². The molecular formula is C9H14ClN3O. The summed E-state index contributed by atoms with van der Waals surface area (Å²) in [5.41, 5.74) is 0.0591. The zero-order valence-corrected chi connectivity index (χ0v) is 9.06. The Balaban J connectivity index is 4.20. The van der Waals surface area contributed by atoms with Crippen LogP contribution in [0.1, 0.15) is 13.8 Å². The number of nitriles is 1. The van der Waals surface area contributed by atoms with Crippen molar-refractivity contribution < 1.29 is 4.79 Å². The molecule has 0 unspecified atom stereocenters. The Morgan fingerprint density at radius 2 is 2.29 bits per heavy atom. The van der Waals surface area contributed by atoms with Crippen LogP contribution in [-0.2, 0) is 4.79 Å². The lowest BCUT2D eigenvalue weighted by atomic mass is 10.2. The molecule has 14 heavy (non-hydrogen) atoms. The standard InChI is InChI=1S/C9H14ClN3O/c1-7(2)13-9(14)8(5-11)6-12-4-3-10/h6-7,12H,3-4H2,1-2H3,(H,13,14)/b8-6-. The van der Waals surface area contributed by atoms with Gasteiger partial charge in [0.25, 0.3) is 5.91 Å². The van der Waals surface area contributed by atoms with Gasteiger partial charge < -0.3 is 10.6 Å². The zero-order chi connectivity index (χ0) is 11.0. The summed E-state index contributed by atoms with van der Waals surface area (Å²) in [6.07, 6.45) is 1.38. The molecule has 0 heterocycles. The van der Waals surface area contributed by atoms with E-state index in [4.69, 9.17) is 16.9 Å². The first-order chi connectivity index (χ1) is 6.61. The topological polar surface area (TPSA) is 64.9 Å². The highest BCUT2D eigenvalue weighted by Crippen LogP contribution is 1.91. The summed E-state index contributed by atoms with van der Waals surface area (Å²) in [6.45, 7) is 4.19. The molecule has 0 bridgehead atoms. The van der Waals surface area contributed by atoms with E-state index >= 15 is 0 Å². The number of nitrogens with one attached hydrogen (secondary N) is 2. The minimum atomic E-state index is -0.371. The molecule has 5 heteroatoms. The molecule has 0 fully saturated rings. The first kappa shape index (κ1) is 12.8. The van der Waals surface area contributed by atoms with Crippen molar-refractivity contribution in [3.63, 3.8) is 0 Å². The first-order valence-electron chi connectivity index (χ1n) is 4.32. The van der Waals surface area contributed by atoms with Gasteiger partial charge in [0.2, 0.25) is 0 Å². The van der Waals surface area contributed by atoms with Crippen molar-refractivity contribution in [2.75, 3.05) is 12.4 Å². The van der Waals surface area contributed by atoms with E-state index in [1.165, 1.54) is 6.20 Å². The molecule has 0 aromatic carbocycles. The number of alkyl halides is 1. The second-order valence-corrected chi connectivity index (χ2v) is 3.32. The average molecular weight is 216 g/mol. The number of nitrogens with zero attached hydrogens (tertiary/aromatic N) is 1. The van der Waals surface area contributed by atoms with Crippen LogP contribution in [0.15, 0.2) is 11.8 Å². The molecule has 1 amide bonds. The van der Waals surface area contributed by atoms with Crippen LogP contribution in [-0.4, -0.2) is 24.4 Å². The molecule has 0 spiro atoms. The lowest BCUT2D eigenvalue weighted by molar-refractivity contribution is -0.117. The maximum Gasteiger partial charge on any atom is 0.263 e. The fourth-order valence-corrected chi connectivity index (χ4v) is 0.826. The van der Waals surface area contributed by atoms with Crippen LogP contribution >= 0.6 is 11.6 Å². The van der Waals surface area contributed by atoms with Crippen LogP contribution in [0.4, 0.5) is 0 Å². The van der Waals surface area contributed by atoms with Crippen LogP contribution in [0.25, 0.3) is 0 Å². The summed E-state index contributed by atoms with van der Waals surface area (Å²) < 4.78 is 0. The van der Waals surface area contributed by atoms with Gasteiger partial charge in [-0.15, -0.1) is 11.6 Å². The lowest BCUT2D eigenvalue weighted by Crippen LogP contribution is -2.31. The van der Waals surface area contributed by atoms with Gasteiger partial charge >= 0.3 is 0 Å². The number of halogens is 1. The highest BCUT2D eigenvalue weighted by Gasteiger charge is 2.08. The Morgan fingerprint density at radius 1 is 1.64 bits per heavy atom. The molecule has 0 aromatic rings. The fourth-order valence-electron chi connectivity index (χ4n) is 0.717. The second-order valence-electron chi connectivity index (χ2n) is 2.94. The molecule has 0 aliphatic carbocycles. The molecule has 0 aliphatic heterocycles. The summed E-state index contributed by atoms with van der Waals surface area (Å²) in [5, 5.41) is 14.0. The summed E-state index contributed by atoms with van der Waals surface area (Å²) >= 11 is 5.42. The summed E-state index contributed by atoms with van der Waals surface area (Å²) in [6, 6.07) is 1.83. The van der Waals surface area contributed by atoms with Crippen LogP contribution in [0, 0.1) is 11.3 Å². The molecule has 2 N–H and O–H groups in total. The molecular weight excluding hydrogens is 202 g/mol. The highest BCUT2D eigenvalue weighted by molar-refractivity contribution is 6.18. The van der Waals surface area contributed by atoms with Crippen molar-refractivity contribution in [3.05, 3.63) is 11.8 Å².